The van der Waals surface area contributed by atoms with Gasteiger partial charge in [0.1, 0.15) is 6.29 Å². The second-order valence-electron chi connectivity index (χ2n) is 4.55. The van der Waals surface area contributed by atoms with Crippen molar-refractivity contribution in [3.05, 3.63) is 0 Å². The van der Waals surface area contributed by atoms with Crippen LogP contribution in [0.5, 0.6) is 0 Å². The van der Waals surface area contributed by atoms with Crippen LogP contribution in [0.4, 0.5) is 0 Å². The standard InChI is InChI=1S/C11H21NO2/c1-4-5-6-9(10(12)14)7-11(2,3)8-13/h8-9H,4-7H2,1-3H3,(H2,12,14). The molecular weight excluding hydrogens is 178 g/mol. The fourth-order valence-corrected chi connectivity index (χ4v) is 1.48. The molecule has 3 nitrogen and oxygen atoms in total. The van der Waals surface area contributed by atoms with E-state index in [-0.39, 0.29) is 11.8 Å². The van der Waals surface area contributed by atoms with Crippen LogP contribution in [0.1, 0.15) is 46.5 Å². The molecule has 82 valence electrons. The van der Waals surface area contributed by atoms with Gasteiger partial charge >= 0.3 is 0 Å². The average molecular weight is 199 g/mol. The molecule has 0 saturated heterocycles. The molecule has 0 aromatic heterocycles. The fourth-order valence-electron chi connectivity index (χ4n) is 1.48. The molecule has 1 unspecified atom stereocenters. The molecule has 0 fully saturated rings. The van der Waals surface area contributed by atoms with Crippen LogP contribution in [0.3, 0.4) is 0 Å². The van der Waals surface area contributed by atoms with Gasteiger partial charge in [-0.1, -0.05) is 33.6 Å². The summed E-state index contributed by atoms with van der Waals surface area (Å²) in [6.45, 7) is 5.74. The molecule has 2 N–H and O–H groups in total. The van der Waals surface area contributed by atoms with Crippen molar-refractivity contribution in [2.45, 2.75) is 46.5 Å². The molecule has 0 radical (unpaired) electrons. The number of primary amides is 1. The smallest absolute Gasteiger partial charge is 0.220 e. The van der Waals surface area contributed by atoms with E-state index in [4.69, 9.17) is 5.73 Å². The van der Waals surface area contributed by atoms with E-state index in [1.807, 2.05) is 13.8 Å². The van der Waals surface area contributed by atoms with Crippen LogP contribution in [0.2, 0.25) is 0 Å². The summed E-state index contributed by atoms with van der Waals surface area (Å²) >= 11 is 0. The molecule has 14 heavy (non-hydrogen) atoms. The van der Waals surface area contributed by atoms with Crippen molar-refractivity contribution in [3.63, 3.8) is 0 Å². The highest BCUT2D eigenvalue weighted by atomic mass is 16.1. The third-order valence-corrected chi connectivity index (χ3v) is 2.40. The molecule has 1 atom stereocenters. The van der Waals surface area contributed by atoms with E-state index in [1.54, 1.807) is 0 Å². The van der Waals surface area contributed by atoms with Crippen molar-refractivity contribution in [3.8, 4) is 0 Å². The van der Waals surface area contributed by atoms with E-state index >= 15 is 0 Å². The Labute approximate surface area is 86.1 Å². The highest BCUT2D eigenvalue weighted by molar-refractivity contribution is 5.77. The van der Waals surface area contributed by atoms with Crippen LogP contribution in [-0.4, -0.2) is 12.2 Å². The topological polar surface area (TPSA) is 60.2 Å². The summed E-state index contributed by atoms with van der Waals surface area (Å²) < 4.78 is 0. The Balaban J connectivity index is 4.22. The van der Waals surface area contributed by atoms with Gasteiger partial charge in [-0.2, -0.15) is 0 Å². The number of rotatable bonds is 7. The number of nitrogens with two attached hydrogens (primary N) is 1. The van der Waals surface area contributed by atoms with E-state index in [0.717, 1.165) is 25.5 Å². The van der Waals surface area contributed by atoms with Crippen molar-refractivity contribution in [2.75, 3.05) is 0 Å². The highest BCUT2D eigenvalue weighted by Gasteiger charge is 2.25. The molecule has 0 spiro atoms. The van der Waals surface area contributed by atoms with Crippen LogP contribution < -0.4 is 5.73 Å². The van der Waals surface area contributed by atoms with E-state index in [2.05, 4.69) is 6.92 Å². The number of carbonyl (C=O) groups is 2. The first-order valence-electron chi connectivity index (χ1n) is 5.18. The molecule has 0 bridgehead atoms. The van der Waals surface area contributed by atoms with Crippen molar-refractivity contribution < 1.29 is 9.59 Å². The number of hydrogen-bond acceptors (Lipinski definition) is 2. The molecule has 0 heterocycles. The molecule has 0 aliphatic rings. The molecule has 0 aliphatic carbocycles. The Morgan fingerprint density at radius 2 is 2.07 bits per heavy atom. The van der Waals surface area contributed by atoms with Crippen LogP contribution in [0.25, 0.3) is 0 Å². The Kier molecular flexibility index (Phi) is 5.43. The predicted octanol–water partition coefficient (Wildman–Crippen LogP) is 1.89. The summed E-state index contributed by atoms with van der Waals surface area (Å²) in [6, 6.07) is 0. The van der Waals surface area contributed by atoms with Gasteiger partial charge in [0.05, 0.1) is 0 Å². The fraction of sp³-hybridized carbons (Fsp3) is 0.818. The van der Waals surface area contributed by atoms with Crippen LogP contribution in [0.15, 0.2) is 0 Å². The minimum Gasteiger partial charge on any atom is -0.369 e. The van der Waals surface area contributed by atoms with Crippen molar-refractivity contribution in [1.82, 2.24) is 0 Å². The molecule has 1 amide bonds. The lowest BCUT2D eigenvalue weighted by Gasteiger charge is -2.22. The Morgan fingerprint density at radius 3 is 2.43 bits per heavy atom. The Bertz CT molecular complexity index is 199. The molecular formula is C11H21NO2. The molecule has 0 aromatic carbocycles. The number of aldehydes is 1. The normalized spacial score (nSPS) is 13.6. The Hall–Kier alpha value is -0.860. The highest BCUT2D eigenvalue weighted by Crippen LogP contribution is 2.25. The number of amides is 1. The maximum absolute atomic E-state index is 11.1. The van der Waals surface area contributed by atoms with Crippen LogP contribution >= 0.6 is 0 Å². The quantitative estimate of drug-likeness (QED) is 0.636. The van der Waals surface area contributed by atoms with Gasteiger partial charge < -0.3 is 10.5 Å². The van der Waals surface area contributed by atoms with E-state index in [9.17, 15) is 9.59 Å². The first-order valence-corrected chi connectivity index (χ1v) is 5.18. The second-order valence-corrected chi connectivity index (χ2v) is 4.55. The first kappa shape index (κ1) is 13.1. The molecule has 0 rings (SSSR count). The van der Waals surface area contributed by atoms with E-state index < -0.39 is 5.41 Å². The maximum atomic E-state index is 11.1. The van der Waals surface area contributed by atoms with Gasteiger partial charge in [-0.05, 0) is 12.8 Å². The van der Waals surface area contributed by atoms with Crippen LogP contribution in [-0.2, 0) is 9.59 Å². The number of carbonyl (C=O) groups excluding carboxylic acids is 2. The summed E-state index contributed by atoms with van der Waals surface area (Å²) in [6.07, 6.45) is 4.29. The Morgan fingerprint density at radius 1 is 1.50 bits per heavy atom. The van der Waals surface area contributed by atoms with Gasteiger partial charge in [-0.25, -0.2) is 0 Å². The summed E-state index contributed by atoms with van der Waals surface area (Å²) in [7, 11) is 0. The third-order valence-electron chi connectivity index (χ3n) is 2.40. The van der Waals surface area contributed by atoms with Gasteiger partial charge in [0, 0.05) is 11.3 Å². The van der Waals surface area contributed by atoms with E-state index in [0.29, 0.717) is 6.42 Å². The lowest BCUT2D eigenvalue weighted by Crippen LogP contribution is -2.29. The zero-order chi connectivity index (χ0) is 11.2. The predicted molar refractivity (Wildman–Crippen MR) is 56.7 cm³/mol. The summed E-state index contributed by atoms with van der Waals surface area (Å²) in [5.74, 6) is -0.441. The van der Waals surface area contributed by atoms with Gasteiger partial charge in [-0.3, -0.25) is 4.79 Å². The monoisotopic (exact) mass is 199 g/mol. The van der Waals surface area contributed by atoms with E-state index in [1.165, 1.54) is 0 Å². The van der Waals surface area contributed by atoms with Crippen molar-refractivity contribution in [1.29, 1.82) is 0 Å². The minimum absolute atomic E-state index is 0.157. The largest absolute Gasteiger partial charge is 0.369 e. The lowest BCUT2D eigenvalue weighted by atomic mass is 9.82. The minimum atomic E-state index is -0.437. The molecule has 0 saturated carbocycles. The number of hydrogen-bond donors (Lipinski definition) is 1. The van der Waals surface area contributed by atoms with Gasteiger partial charge in [0.15, 0.2) is 0 Å². The van der Waals surface area contributed by atoms with Gasteiger partial charge in [0.25, 0.3) is 0 Å². The SMILES string of the molecule is CCCCC(CC(C)(C)C=O)C(N)=O. The molecule has 0 aliphatic heterocycles. The van der Waals surface area contributed by atoms with Crippen molar-refractivity contribution >= 4 is 12.2 Å². The average Bonchev–Trinajstić information content (AvgIpc) is 2.12. The van der Waals surface area contributed by atoms with Crippen LogP contribution in [0, 0.1) is 11.3 Å². The summed E-state index contributed by atoms with van der Waals surface area (Å²) in [5.41, 5.74) is 4.85. The second kappa shape index (κ2) is 5.78. The third kappa shape index (κ3) is 5.00. The van der Waals surface area contributed by atoms with Gasteiger partial charge in [-0.15, -0.1) is 0 Å². The lowest BCUT2D eigenvalue weighted by molar-refractivity contribution is -0.124. The first-order chi connectivity index (χ1) is 6.43. The summed E-state index contributed by atoms with van der Waals surface area (Å²) in [5, 5.41) is 0. The van der Waals surface area contributed by atoms with Crippen molar-refractivity contribution in [2.24, 2.45) is 17.1 Å². The summed E-state index contributed by atoms with van der Waals surface area (Å²) in [4.78, 5) is 21.8. The maximum Gasteiger partial charge on any atom is 0.220 e. The number of unbranched alkanes of at least 4 members (excludes halogenated alkanes) is 1. The zero-order valence-electron chi connectivity index (χ0n) is 9.38. The molecule has 3 heteroatoms. The van der Waals surface area contributed by atoms with Gasteiger partial charge in [0.2, 0.25) is 5.91 Å². The zero-order valence-corrected chi connectivity index (χ0v) is 9.38. The molecule has 0 aromatic rings.